The molecule has 2 rings (SSSR count). The maximum absolute atomic E-state index is 12.8. The molecule has 0 aliphatic carbocycles. The van der Waals surface area contributed by atoms with Gasteiger partial charge in [0, 0.05) is 26.3 Å². The van der Waals surface area contributed by atoms with E-state index in [9.17, 15) is 9.59 Å². The van der Waals surface area contributed by atoms with Crippen LogP contribution in [0, 0.1) is 11.8 Å². The summed E-state index contributed by atoms with van der Waals surface area (Å²) in [5.41, 5.74) is 0.548. The van der Waals surface area contributed by atoms with Crippen LogP contribution in [-0.2, 0) is 7.05 Å². The van der Waals surface area contributed by atoms with Gasteiger partial charge in [0.05, 0.1) is 11.6 Å². The van der Waals surface area contributed by atoms with Crippen molar-refractivity contribution in [1.29, 1.82) is 0 Å². The maximum atomic E-state index is 12.8. The van der Waals surface area contributed by atoms with Gasteiger partial charge in [0.1, 0.15) is 11.2 Å². The number of hydrogen-bond donors (Lipinski definition) is 1. The van der Waals surface area contributed by atoms with Crippen molar-refractivity contribution in [1.82, 2.24) is 19.7 Å². The third kappa shape index (κ3) is 3.21. The molecule has 1 N–H and O–H groups in total. The highest BCUT2D eigenvalue weighted by Crippen LogP contribution is 2.11. The van der Waals surface area contributed by atoms with E-state index in [4.69, 9.17) is 0 Å². The fourth-order valence-corrected chi connectivity index (χ4v) is 2.58. The van der Waals surface area contributed by atoms with E-state index in [1.165, 1.54) is 12.4 Å². The van der Waals surface area contributed by atoms with Gasteiger partial charge in [-0.05, 0) is 11.8 Å². The van der Waals surface area contributed by atoms with Gasteiger partial charge in [0.2, 0.25) is 5.43 Å². The summed E-state index contributed by atoms with van der Waals surface area (Å²) in [4.78, 5) is 30.1. The molecule has 0 aromatic carbocycles. The minimum atomic E-state index is -0.260. The Labute approximate surface area is 130 Å². The summed E-state index contributed by atoms with van der Waals surface area (Å²) < 4.78 is 1.59. The van der Waals surface area contributed by atoms with E-state index in [1.54, 1.807) is 16.6 Å². The van der Waals surface area contributed by atoms with Crippen LogP contribution in [0.2, 0.25) is 0 Å². The van der Waals surface area contributed by atoms with Crippen LogP contribution in [0.25, 0.3) is 11.0 Å². The predicted molar refractivity (Wildman–Crippen MR) is 86.9 cm³/mol. The van der Waals surface area contributed by atoms with Gasteiger partial charge in [-0.15, -0.1) is 0 Å². The maximum Gasteiger partial charge on any atom is 0.259 e. The Morgan fingerprint density at radius 1 is 1.27 bits per heavy atom. The topological polar surface area (TPSA) is 71.0 Å². The molecular weight excluding hydrogens is 280 g/mol. The average Bonchev–Trinajstić information content (AvgIpc) is 2.79. The van der Waals surface area contributed by atoms with E-state index in [2.05, 4.69) is 37.8 Å². The Kier molecular flexibility index (Phi) is 4.68. The quantitative estimate of drug-likeness (QED) is 0.918. The molecular formula is C16H24N4O2. The summed E-state index contributed by atoms with van der Waals surface area (Å²) in [5, 5.41) is 4.51. The number of H-pyrrole nitrogens is 1. The van der Waals surface area contributed by atoms with Crippen LogP contribution in [-0.4, -0.2) is 38.7 Å². The number of aromatic nitrogens is 3. The van der Waals surface area contributed by atoms with Crippen LogP contribution >= 0.6 is 0 Å². The van der Waals surface area contributed by atoms with Gasteiger partial charge in [-0.1, -0.05) is 27.7 Å². The third-order valence-corrected chi connectivity index (χ3v) is 3.47. The van der Waals surface area contributed by atoms with Crippen LogP contribution in [0.5, 0.6) is 0 Å². The highest BCUT2D eigenvalue weighted by Gasteiger charge is 2.22. The molecule has 120 valence electrons. The fraction of sp³-hybridized carbons (Fsp3) is 0.562. The van der Waals surface area contributed by atoms with E-state index in [1.807, 2.05) is 0 Å². The van der Waals surface area contributed by atoms with E-state index < -0.39 is 0 Å². The molecule has 6 heteroatoms. The number of pyridine rings is 1. The van der Waals surface area contributed by atoms with Crippen molar-refractivity contribution in [2.45, 2.75) is 27.7 Å². The Morgan fingerprint density at radius 2 is 1.86 bits per heavy atom. The van der Waals surface area contributed by atoms with Crippen LogP contribution in [0.15, 0.2) is 17.2 Å². The summed E-state index contributed by atoms with van der Waals surface area (Å²) in [6, 6.07) is 0. The molecule has 0 aliphatic heterocycles. The molecule has 0 atom stereocenters. The van der Waals surface area contributed by atoms with Gasteiger partial charge in [-0.2, -0.15) is 5.10 Å². The van der Waals surface area contributed by atoms with Crippen molar-refractivity contribution in [3.63, 3.8) is 0 Å². The Bertz CT molecular complexity index is 717. The number of aryl methyl sites for hydroxylation is 1. The molecule has 0 bridgehead atoms. The number of carbonyl (C=O) groups is 1. The monoisotopic (exact) mass is 304 g/mol. The molecule has 2 aromatic heterocycles. The molecule has 0 unspecified atom stereocenters. The van der Waals surface area contributed by atoms with Crippen molar-refractivity contribution < 1.29 is 4.79 Å². The Morgan fingerprint density at radius 3 is 2.41 bits per heavy atom. The number of nitrogens with zero attached hydrogens (tertiary/aromatic N) is 3. The normalized spacial score (nSPS) is 11.6. The summed E-state index contributed by atoms with van der Waals surface area (Å²) in [6.07, 6.45) is 3.00. The first-order chi connectivity index (χ1) is 10.3. The zero-order valence-corrected chi connectivity index (χ0v) is 13.9. The molecule has 0 spiro atoms. The van der Waals surface area contributed by atoms with E-state index in [0.717, 1.165) is 0 Å². The van der Waals surface area contributed by atoms with Crippen LogP contribution in [0.3, 0.4) is 0 Å². The summed E-state index contributed by atoms with van der Waals surface area (Å²) >= 11 is 0. The number of hydrogen-bond acceptors (Lipinski definition) is 3. The largest absolute Gasteiger partial charge is 0.345 e. The average molecular weight is 304 g/mol. The second kappa shape index (κ2) is 6.34. The Balaban J connectivity index is 2.41. The van der Waals surface area contributed by atoms with Crippen molar-refractivity contribution in [2.24, 2.45) is 18.9 Å². The number of carbonyl (C=O) groups excluding carboxylic acids is 1. The molecule has 1 amide bonds. The van der Waals surface area contributed by atoms with Crippen LogP contribution in [0.4, 0.5) is 0 Å². The summed E-state index contributed by atoms with van der Waals surface area (Å²) in [5.74, 6) is 0.488. The minimum absolute atomic E-state index is 0.182. The molecule has 2 aromatic rings. The van der Waals surface area contributed by atoms with Gasteiger partial charge in [0.15, 0.2) is 0 Å². The molecule has 22 heavy (non-hydrogen) atoms. The Hall–Kier alpha value is -2.11. The molecule has 0 saturated carbocycles. The van der Waals surface area contributed by atoms with Gasteiger partial charge in [-0.3, -0.25) is 14.3 Å². The number of aromatic amines is 1. The number of fused-ring (bicyclic) bond motifs is 1. The fourth-order valence-electron chi connectivity index (χ4n) is 2.58. The first kappa shape index (κ1) is 16.3. The summed E-state index contributed by atoms with van der Waals surface area (Å²) in [6.45, 7) is 9.54. The van der Waals surface area contributed by atoms with Gasteiger partial charge in [-0.25, -0.2) is 0 Å². The lowest BCUT2D eigenvalue weighted by Crippen LogP contribution is -2.39. The molecule has 0 saturated heterocycles. The molecule has 0 fully saturated rings. The number of amides is 1. The number of nitrogens with one attached hydrogen (secondary N) is 1. The first-order valence-electron chi connectivity index (χ1n) is 7.64. The minimum Gasteiger partial charge on any atom is -0.345 e. The second-order valence-electron chi connectivity index (χ2n) is 6.56. The van der Waals surface area contributed by atoms with Gasteiger partial charge >= 0.3 is 0 Å². The number of rotatable bonds is 5. The van der Waals surface area contributed by atoms with Crippen molar-refractivity contribution in [3.05, 3.63) is 28.2 Å². The SMILES string of the molecule is CC(C)CN(CC(C)C)C(=O)c1c[nH]c2c(cnn2C)c1=O. The highest BCUT2D eigenvalue weighted by molar-refractivity contribution is 5.96. The lowest BCUT2D eigenvalue weighted by molar-refractivity contribution is 0.0713. The molecule has 6 nitrogen and oxygen atoms in total. The molecule has 2 heterocycles. The van der Waals surface area contributed by atoms with Crippen LogP contribution < -0.4 is 5.43 Å². The standard InChI is InChI=1S/C16H24N4O2/c1-10(2)8-20(9-11(3)4)16(22)13-6-17-15-12(14(13)21)7-18-19(15)5/h6-7,10-11H,8-9H2,1-5H3,(H,17,21). The lowest BCUT2D eigenvalue weighted by atomic mass is 10.1. The molecule has 0 aliphatic rings. The smallest absolute Gasteiger partial charge is 0.259 e. The van der Waals surface area contributed by atoms with Gasteiger partial charge in [0.25, 0.3) is 5.91 Å². The van der Waals surface area contributed by atoms with E-state index >= 15 is 0 Å². The first-order valence-corrected chi connectivity index (χ1v) is 7.64. The van der Waals surface area contributed by atoms with E-state index in [-0.39, 0.29) is 16.9 Å². The highest BCUT2D eigenvalue weighted by atomic mass is 16.2. The third-order valence-electron chi connectivity index (χ3n) is 3.47. The van der Waals surface area contributed by atoms with Crippen LogP contribution in [0.1, 0.15) is 38.1 Å². The van der Waals surface area contributed by atoms with Crippen molar-refractivity contribution in [2.75, 3.05) is 13.1 Å². The second-order valence-corrected chi connectivity index (χ2v) is 6.56. The summed E-state index contributed by atoms with van der Waals surface area (Å²) in [7, 11) is 1.75. The van der Waals surface area contributed by atoms with Crippen molar-refractivity contribution in [3.8, 4) is 0 Å². The van der Waals surface area contributed by atoms with E-state index in [0.29, 0.717) is 36.0 Å². The zero-order chi connectivity index (χ0) is 16.4. The van der Waals surface area contributed by atoms with Crippen molar-refractivity contribution >= 4 is 16.9 Å². The van der Waals surface area contributed by atoms with Gasteiger partial charge < -0.3 is 9.88 Å². The zero-order valence-electron chi connectivity index (χ0n) is 13.9. The predicted octanol–water partition coefficient (Wildman–Crippen LogP) is 2.02. The molecule has 0 radical (unpaired) electrons. The lowest BCUT2D eigenvalue weighted by Gasteiger charge is -2.26.